The number of Topliss-reactive ketones (excluding diaryl/α,β-unsaturated/α-hetero) is 1. The minimum Gasteiger partial charge on any atom is -0.477 e. The topological polar surface area (TPSA) is 102 Å². The summed E-state index contributed by atoms with van der Waals surface area (Å²) >= 11 is 0. The molecule has 1 spiro atoms. The van der Waals surface area contributed by atoms with Crippen LogP contribution in [0.4, 0.5) is 0 Å². The normalized spacial score (nSPS) is 30.9. The number of hydrogen-bond donors (Lipinski definition) is 1. The van der Waals surface area contributed by atoms with Crippen molar-refractivity contribution in [2.24, 2.45) is 0 Å². The molecule has 2 fully saturated rings. The number of benzene rings is 2. The van der Waals surface area contributed by atoms with Crippen LogP contribution in [0.3, 0.4) is 0 Å². The molecular formula is C26H25NO7. The number of ketones is 1. The minimum atomic E-state index is -1.10. The van der Waals surface area contributed by atoms with E-state index < -0.39 is 29.1 Å². The summed E-state index contributed by atoms with van der Waals surface area (Å²) in [5, 5.41) is 12.0. The van der Waals surface area contributed by atoms with Crippen LogP contribution in [-0.4, -0.2) is 59.1 Å². The Labute approximate surface area is 196 Å². The van der Waals surface area contributed by atoms with E-state index >= 15 is 0 Å². The predicted molar refractivity (Wildman–Crippen MR) is 119 cm³/mol. The zero-order chi connectivity index (χ0) is 23.8. The molecule has 2 bridgehead atoms. The van der Waals surface area contributed by atoms with Crippen LogP contribution in [0.1, 0.15) is 47.7 Å². The summed E-state index contributed by atoms with van der Waals surface area (Å²) in [5.41, 5.74) is -0.0327. The SMILES string of the molecule is CC(=O)Oc1ccccc1C(=O)Oc1ccc2c3c1O[C@H]1C(=O)CC[C@@]4(O)[C@@H](C2)N(C)CC[C@]314. The van der Waals surface area contributed by atoms with Crippen molar-refractivity contribution >= 4 is 17.7 Å². The lowest BCUT2D eigenvalue weighted by Crippen LogP contribution is -2.76. The van der Waals surface area contributed by atoms with Crippen molar-refractivity contribution in [3.8, 4) is 17.2 Å². The Morgan fingerprint density at radius 3 is 2.71 bits per heavy atom. The molecule has 6 rings (SSSR count). The van der Waals surface area contributed by atoms with Gasteiger partial charge in [0.15, 0.2) is 23.4 Å². The lowest BCUT2D eigenvalue weighted by atomic mass is 9.49. The molecule has 1 saturated carbocycles. The number of piperidine rings is 1. The van der Waals surface area contributed by atoms with Crippen LogP contribution in [0.5, 0.6) is 17.2 Å². The maximum Gasteiger partial charge on any atom is 0.347 e. The van der Waals surface area contributed by atoms with Gasteiger partial charge in [-0.05, 0) is 56.6 Å². The number of carbonyl (C=O) groups excluding carboxylic acids is 3. The molecule has 1 saturated heterocycles. The molecule has 8 heteroatoms. The molecule has 0 radical (unpaired) electrons. The Bertz CT molecular complexity index is 1260. The van der Waals surface area contributed by atoms with Gasteiger partial charge in [0.05, 0.1) is 11.0 Å². The standard InChI is InChI=1S/C26H25NO7/c1-14(28)32-18-6-4-3-5-16(18)24(30)33-19-8-7-15-13-20-26(31)10-9-17(29)23-25(26,11-12-27(20)2)21(15)22(19)34-23/h3-8,20,23,31H,9-13H2,1-2H3/t20-,23+,25+,26-/m1/s1. The molecular weight excluding hydrogens is 438 g/mol. The molecule has 0 amide bonds. The third-order valence-electron chi connectivity index (χ3n) is 8.07. The lowest BCUT2D eigenvalue weighted by Gasteiger charge is -2.62. The van der Waals surface area contributed by atoms with Crippen molar-refractivity contribution in [1.29, 1.82) is 0 Å². The number of likely N-dealkylation sites (N-methyl/N-ethyl adjacent to an activating group) is 1. The first-order chi connectivity index (χ1) is 16.3. The van der Waals surface area contributed by atoms with E-state index in [4.69, 9.17) is 14.2 Å². The van der Waals surface area contributed by atoms with Crippen molar-refractivity contribution in [3.05, 3.63) is 53.1 Å². The monoisotopic (exact) mass is 463 g/mol. The summed E-state index contributed by atoms with van der Waals surface area (Å²) in [6.07, 6.45) is 1.05. The van der Waals surface area contributed by atoms with E-state index in [0.29, 0.717) is 25.0 Å². The van der Waals surface area contributed by atoms with Crippen LogP contribution in [0.25, 0.3) is 0 Å². The second-order valence-electron chi connectivity index (χ2n) is 9.72. The Balaban J connectivity index is 1.45. The highest BCUT2D eigenvalue weighted by Crippen LogP contribution is 2.64. The van der Waals surface area contributed by atoms with Gasteiger partial charge < -0.3 is 24.2 Å². The molecule has 8 nitrogen and oxygen atoms in total. The number of rotatable bonds is 3. The highest BCUT2D eigenvalue weighted by atomic mass is 16.6. The smallest absolute Gasteiger partial charge is 0.347 e. The summed E-state index contributed by atoms with van der Waals surface area (Å²) in [6, 6.07) is 9.81. The van der Waals surface area contributed by atoms with Gasteiger partial charge in [-0.2, -0.15) is 0 Å². The second kappa shape index (κ2) is 7.13. The second-order valence-corrected chi connectivity index (χ2v) is 9.72. The average molecular weight is 463 g/mol. The zero-order valence-electron chi connectivity index (χ0n) is 19.0. The van der Waals surface area contributed by atoms with Crippen molar-refractivity contribution in [2.75, 3.05) is 13.6 Å². The van der Waals surface area contributed by atoms with Gasteiger partial charge in [-0.1, -0.05) is 18.2 Å². The molecule has 2 heterocycles. The van der Waals surface area contributed by atoms with Crippen LogP contribution < -0.4 is 14.2 Å². The minimum absolute atomic E-state index is 0.0329. The summed E-state index contributed by atoms with van der Waals surface area (Å²) in [4.78, 5) is 39.8. The van der Waals surface area contributed by atoms with Crippen molar-refractivity contribution in [3.63, 3.8) is 0 Å². The lowest BCUT2D eigenvalue weighted by molar-refractivity contribution is -0.185. The molecule has 4 aliphatic rings. The number of aliphatic hydroxyl groups is 1. The summed E-state index contributed by atoms with van der Waals surface area (Å²) in [5.74, 6) is -0.633. The van der Waals surface area contributed by atoms with E-state index in [-0.39, 0.29) is 35.3 Å². The van der Waals surface area contributed by atoms with Crippen molar-refractivity contribution in [2.45, 2.75) is 55.8 Å². The molecule has 176 valence electrons. The van der Waals surface area contributed by atoms with Crippen LogP contribution in [0.2, 0.25) is 0 Å². The van der Waals surface area contributed by atoms with Gasteiger partial charge in [-0.3, -0.25) is 9.59 Å². The van der Waals surface area contributed by atoms with Crippen molar-refractivity contribution < 1.29 is 33.7 Å². The molecule has 1 N–H and O–H groups in total. The number of hydrogen-bond acceptors (Lipinski definition) is 8. The van der Waals surface area contributed by atoms with Gasteiger partial charge in [-0.15, -0.1) is 0 Å². The Hall–Kier alpha value is -3.23. The summed E-state index contributed by atoms with van der Waals surface area (Å²) in [7, 11) is 2.01. The summed E-state index contributed by atoms with van der Waals surface area (Å²) in [6.45, 7) is 1.99. The van der Waals surface area contributed by atoms with Gasteiger partial charge >= 0.3 is 11.9 Å². The Kier molecular flexibility index (Phi) is 4.47. The fourth-order valence-electron chi connectivity index (χ4n) is 6.64. The fourth-order valence-corrected chi connectivity index (χ4v) is 6.64. The molecule has 4 atom stereocenters. The van der Waals surface area contributed by atoms with E-state index in [0.717, 1.165) is 17.7 Å². The van der Waals surface area contributed by atoms with Gasteiger partial charge in [0.2, 0.25) is 0 Å². The van der Waals surface area contributed by atoms with Crippen LogP contribution >= 0.6 is 0 Å². The molecule has 0 aromatic heterocycles. The molecule has 2 aliphatic carbocycles. The highest BCUT2D eigenvalue weighted by molar-refractivity contribution is 5.95. The maximum atomic E-state index is 13.1. The highest BCUT2D eigenvalue weighted by Gasteiger charge is 2.72. The van der Waals surface area contributed by atoms with Crippen LogP contribution in [-0.2, 0) is 21.4 Å². The third kappa shape index (κ3) is 2.63. The number of para-hydroxylation sites is 1. The first-order valence-corrected chi connectivity index (χ1v) is 11.5. The number of esters is 2. The van der Waals surface area contributed by atoms with Crippen LogP contribution in [0, 0.1) is 0 Å². The first-order valence-electron chi connectivity index (χ1n) is 11.5. The Morgan fingerprint density at radius 1 is 1.12 bits per heavy atom. The number of likely N-dealkylation sites (tertiary alicyclic amines) is 1. The van der Waals surface area contributed by atoms with E-state index in [2.05, 4.69) is 4.90 Å². The van der Waals surface area contributed by atoms with Gasteiger partial charge in [-0.25, -0.2) is 4.79 Å². The summed E-state index contributed by atoms with van der Waals surface area (Å²) < 4.78 is 17.2. The molecule has 34 heavy (non-hydrogen) atoms. The van der Waals surface area contributed by atoms with Gasteiger partial charge in [0, 0.05) is 24.9 Å². The zero-order valence-corrected chi connectivity index (χ0v) is 19.0. The largest absolute Gasteiger partial charge is 0.477 e. The maximum absolute atomic E-state index is 13.1. The average Bonchev–Trinajstić information content (AvgIpc) is 3.16. The third-order valence-corrected chi connectivity index (χ3v) is 8.07. The molecule has 2 aliphatic heterocycles. The van der Waals surface area contributed by atoms with Crippen molar-refractivity contribution in [1.82, 2.24) is 4.90 Å². The Morgan fingerprint density at radius 2 is 1.91 bits per heavy atom. The quantitative estimate of drug-likeness (QED) is 0.546. The first kappa shape index (κ1) is 21.3. The predicted octanol–water partition coefficient (Wildman–Crippen LogP) is 2.18. The van der Waals surface area contributed by atoms with E-state index in [1.54, 1.807) is 18.2 Å². The van der Waals surface area contributed by atoms with E-state index in [1.807, 2.05) is 13.1 Å². The molecule has 0 unspecified atom stereocenters. The van der Waals surface area contributed by atoms with Gasteiger partial charge in [0.1, 0.15) is 11.3 Å². The van der Waals surface area contributed by atoms with Crippen LogP contribution in [0.15, 0.2) is 36.4 Å². The van der Waals surface area contributed by atoms with Gasteiger partial charge in [0.25, 0.3) is 0 Å². The fraction of sp³-hybridized carbons (Fsp3) is 0.423. The number of nitrogens with zero attached hydrogens (tertiary/aromatic N) is 1. The number of carbonyl (C=O) groups is 3. The molecule has 2 aromatic rings. The number of ether oxygens (including phenoxy) is 3. The molecule has 2 aromatic carbocycles. The van der Waals surface area contributed by atoms with E-state index in [1.165, 1.54) is 19.1 Å². The van der Waals surface area contributed by atoms with E-state index in [9.17, 15) is 19.5 Å².